The molecule has 0 amide bonds. The van der Waals surface area contributed by atoms with Gasteiger partial charge in [0.1, 0.15) is 20.3 Å². The lowest BCUT2D eigenvalue weighted by Crippen LogP contribution is -2.14. The Morgan fingerprint density at radius 3 is 2.59 bits per heavy atom. The summed E-state index contributed by atoms with van der Waals surface area (Å²) in [4.78, 5) is 8.33. The number of aromatic nitrogens is 2. The highest BCUT2D eigenvalue weighted by molar-refractivity contribution is 14.1. The average Bonchev–Trinajstić information content (AvgIpc) is 3.09. The van der Waals surface area contributed by atoms with Gasteiger partial charge >= 0.3 is 0 Å². The standard InChI is InChI=1S/C16H13ClIN3O4S2/c1-24-11-4-2-10(3-5-11)9-25-16-15(19-8-13(18)20-16)21-27(22,23)14-7-6-12(17)26-14/h2-8H,9H2,1H3,(H,19,21). The molecule has 11 heteroatoms. The molecule has 2 heterocycles. The zero-order chi connectivity index (χ0) is 19.4. The Bertz CT molecular complexity index is 1040. The number of nitrogens with one attached hydrogen (secondary N) is 1. The number of rotatable bonds is 7. The Balaban J connectivity index is 1.80. The maximum Gasteiger partial charge on any atom is 0.272 e. The van der Waals surface area contributed by atoms with Crippen LogP contribution in [0.25, 0.3) is 0 Å². The zero-order valence-corrected chi connectivity index (χ0v) is 18.4. The molecule has 1 N–H and O–H groups in total. The first-order chi connectivity index (χ1) is 12.9. The normalized spacial score (nSPS) is 11.2. The number of ether oxygens (including phenoxy) is 2. The predicted molar refractivity (Wildman–Crippen MR) is 112 cm³/mol. The maximum absolute atomic E-state index is 12.5. The Morgan fingerprint density at radius 2 is 1.96 bits per heavy atom. The van der Waals surface area contributed by atoms with Gasteiger partial charge in [-0.25, -0.2) is 18.4 Å². The maximum atomic E-state index is 12.5. The van der Waals surface area contributed by atoms with E-state index in [4.69, 9.17) is 21.1 Å². The molecule has 0 aliphatic heterocycles. The lowest BCUT2D eigenvalue weighted by atomic mass is 10.2. The van der Waals surface area contributed by atoms with Gasteiger partial charge in [0.25, 0.3) is 15.9 Å². The minimum absolute atomic E-state index is 0.00782. The highest BCUT2D eigenvalue weighted by atomic mass is 127. The molecule has 0 spiro atoms. The minimum Gasteiger partial charge on any atom is -0.497 e. The van der Waals surface area contributed by atoms with E-state index >= 15 is 0 Å². The molecule has 1 aromatic carbocycles. The van der Waals surface area contributed by atoms with Gasteiger partial charge in [0.05, 0.1) is 17.6 Å². The number of halogens is 2. The molecule has 0 atom stereocenters. The van der Waals surface area contributed by atoms with Crippen molar-refractivity contribution in [1.82, 2.24) is 9.97 Å². The van der Waals surface area contributed by atoms with Crippen molar-refractivity contribution in [1.29, 1.82) is 0 Å². The van der Waals surface area contributed by atoms with Crippen molar-refractivity contribution < 1.29 is 17.9 Å². The fraction of sp³-hybridized carbons (Fsp3) is 0.125. The molecule has 3 aromatic rings. The summed E-state index contributed by atoms with van der Waals surface area (Å²) in [5, 5.41) is 0. The fourth-order valence-electron chi connectivity index (χ4n) is 2.02. The van der Waals surface area contributed by atoms with Crippen LogP contribution in [0.5, 0.6) is 11.6 Å². The molecular formula is C16H13ClIN3O4S2. The molecule has 0 saturated heterocycles. The largest absolute Gasteiger partial charge is 0.497 e. The van der Waals surface area contributed by atoms with E-state index in [0.29, 0.717) is 8.04 Å². The fourth-order valence-corrected chi connectivity index (χ4v) is 4.86. The van der Waals surface area contributed by atoms with Crippen LogP contribution < -0.4 is 14.2 Å². The zero-order valence-electron chi connectivity index (χ0n) is 13.8. The van der Waals surface area contributed by atoms with Gasteiger partial charge in [0.2, 0.25) is 5.82 Å². The molecule has 0 radical (unpaired) electrons. The first kappa shape index (κ1) is 20.1. The van der Waals surface area contributed by atoms with Gasteiger partial charge in [-0.05, 0) is 52.4 Å². The van der Waals surface area contributed by atoms with E-state index in [0.717, 1.165) is 22.6 Å². The number of methoxy groups -OCH3 is 1. The van der Waals surface area contributed by atoms with Crippen molar-refractivity contribution in [3.05, 3.63) is 56.2 Å². The van der Waals surface area contributed by atoms with E-state index in [9.17, 15) is 8.42 Å². The SMILES string of the molecule is COc1ccc(COc2nc(I)cnc2NS(=O)(=O)c2ccc(Cl)s2)cc1. The summed E-state index contributed by atoms with van der Waals surface area (Å²) in [7, 11) is -2.25. The summed E-state index contributed by atoms with van der Waals surface area (Å²) in [6, 6.07) is 10.2. The van der Waals surface area contributed by atoms with E-state index in [2.05, 4.69) is 14.7 Å². The summed E-state index contributed by atoms with van der Waals surface area (Å²) in [6.07, 6.45) is 1.44. The number of thiophene rings is 1. The van der Waals surface area contributed by atoms with Crippen molar-refractivity contribution in [3.63, 3.8) is 0 Å². The second-order valence-corrected chi connectivity index (χ2v) is 9.88. The van der Waals surface area contributed by atoms with Crippen LogP contribution in [0.3, 0.4) is 0 Å². The molecule has 0 unspecified atom stereocenters. The van der Waals surface area contributed by atoms with Crippen LogP contribution in [0.15, 0.2) is 46.8 Å². The van der Waals surface area contributed by atoms with Crippen molar-refractivity contribution in [2.75, 3.05) is 11.8 Å². The predicted octanol–water partition coefficient (Wildman–Crippen LogP) is 4.18. The minimum atomic E-state index is -3.84. The van der Waals surface area contributed by atoms with Crippen molar-refractivity contribution in [2.45, 2.75) is 10.8 Å². The summed E-state index contributed by atoms with van der Waals surface area (Å²) in [5.41, 5.74) is 0.871. The van der Waals surface area contributed by atoms with E-state index < -0.39 is 10.0 Å². The number of hydrogen-bond donors (Lipinski definition) is 1. The lowest BCUT2D eigenvalue weighted by Gasteiger charge is -2.11. The molecular weight excluding hydrogens is 525 g/mol. The van der Waals surface area contributed by atoms with Crippen LogP contribution in [0.1, 0.15) is 5.56 Å². The quantitative estimate of drug-likeness (QED) is 0.455. The Kier molecular flexibility index (Phi) is 6.40. The van der Waals surface area contributed by atoms with Crippen LogP contribution in [-0.4, -0.2) is 25.5 Å². The highest BCUT2D eigenvalue weighted by Crippen LogP contribution is 2.29. The molecule has 0 saturated carbocycles. The smallest absolute Gasteiger partial charge is 0.272 e. The Morgan fingerprint density at radius 1 is 1.22 bits per heavy atom. The molecule has 27 heavy (non-hydrogen) atoms. The monoisotopic (exact) mass is 537 g/mol. The lowest BCUT2D eigenvalue weighted by molar-refractivity contribution is 0.293. The number of hydrogen-bond acceptors (Lipinski definition) is 7. The van der Waals surface area contributed by atoms with Crippen LogP contribution >= 0.6 is 45.5 Å². The van der Waals surface area contributed by atoms with Gasteiger partial charge in [0, 0.05) is 0 Å². The van der Waals surface area contributed by atoms with E-state index in [1.807, 2.05) is 46.9 Å². The van der Waals surface area contributed by atoms with Gasteiger partial charge in [0.15, 0.2) is 0 Å². The van der Waals surface area contributed by atoms with Crippen LogP contribution in [0.2, 0.25) is 4.34 Å². The van der Waals surface area contributed by atoms with Crippen molar-refractivity contribution in [3.8, 4) is 11.6 Å². The summed E-state index contributed by atoms with van der Waals surface area (Å²) >= 11 is 8.75. The number of benzene rings is 1. The molecule has 0 aliphatic rings. The van der Waals surface area contributed by atoms with Crippen LogP contribution in [0, 0.1) is 3.70 Å². The Labute approximate surface area is 178 Å². The number of anilines is 1. The molecule has 142 valence electrons. The third kappa shape index (κ3) is 5.21. The first-order valence-corrected chi connectivity index (χ1v) is 11.2. The summed E-state index contributed by atoms with van der Waals surface area (Å²) in [6.45, 7) is 0.193. The average molecular weight is 538 g/mol. The van der Waals surface area contributed by atoms with Gasteiger partial charge < -0.3 is 9.47 Å². The van der Waals surface area contributed by atoms with E-state index in [1.54, 1.807) is 7.11 Å². The second-order valence-electron chi connectivity index (χ2n) is 5.15. The third-order valence-electron chi connectivity index (χ3n) is 3.29. The van der Waals surface area contributed by atoms with E-state index in [-0.39, 0.29) is 22.5 Å². The van der Waals surface area contributed by atoms with Crippen molar-refractivity contribution >= 4 is 61.4 Å². The van der Waals surface area contributed by atoms with Crippen LogP contribution in [0.4, 0.5) is 5.82 Å². The van der Waals surface area contributed by atoms with Crippen molar-refractivity contribution in [2.24, 2.45) is 0 Å². The van der Waals surface area contributed by atoms with Gasteiger partial charge in [-0.2, -0.15) is 0 Å². The van der Waals surface area contributed by atoms with Crippen LogP contribution in [-0.2, 0) is 16.6 Å². The molecule has 0 aliphatic carbocycles. The molecule has 3 rings (SSSR count). The molecule has 0 fully saturated rings. The third-order valence-corrected chi connectivity index (χ3v) is 6.87. The number of nitrogens with zero attached hydrogens (tertiary/aromatic N) is 2. The topological polar surface area (TPSA) is 90.4 Å². The van der Waals surface area contributed by atoms with E-state index in [1.165, 1.54) is 18.3 Å². The molecule has 2 aromatic heterocycles. The Hall–Kier alpha value is -1.63. The highest BCUT2D eigenvalue weighted by Gasteiger charge is 2.21. The first-order valence-electron chi connectivity index (χ1n) is 7.44. The number of sulfonamides is 1. The summed E-state index contributed by atoms with van der Waals surface area (Å²) in [5.74, 6) is 0.827. The van der Waals surface area contributed by atoms with Gasteiger partial charge in [-0.1, -0.05) is 23.7 Å². The van der Waals surface area contributed by atoms with Gasteiger partial charge in [-0.15, -0.1) is 11.3 Å². The molecule has 7 nitrogen and oxygen atoms in total. The second kappa shape index (κ2) is 8.59. The summed E-state index contributed by atoms with van der Waals surface area (Å²) < 4.78 is 39.2. The van der Waals surface area contributed by atoms with Gasteiger partial charge in [-0.3, -0.25) is 4.72 Å². The molecule has 0 bridgehead atoms.